The van der Waals surface area contributed by atoms with Crippen molar-refractivity contribution in [1.82, 2.24) is 4.90 Å². The summed E-state index contributed by atoms with van der Waals surface area (Å²) in [5.74, 6) is -1.90. The molecular formula is C15H17F4NO2. The molecule has 1 N–H and O–H groups in total. The first-order chi connectivity index (χ1) is 10.3. The summed E-state index contributed by atoms with van der Waals surface area (Å²) in [5.41, 5.74) is -0.667. The third-order valence-electron chi connectivity index (χ3n) is 2.98. The van der Waals surface area contributed by atoms with E-state index in [1.165, 1.54) is 7.05 Å². The SMILES string of the molecule is CN(CCCCO)C(=O)C(F)=Cc1ccc(C(F)(F)F)cc1. The summed E-state index contributed by atoms with van der Waals surface area (Å²) >= 11 is 0. The lowest BCUT2D eigenvalue weighted by atomic mass is 10.1. The minimum atomic E-state index is -4.45. The molecule has 7 heteroatoms. The zero-order chi connectivity index (χ0) is 16.8. The highest BCUT2D eigenvalue weighted by molar-refractivity contribution is 5.95. The summed E-state index contributed by atoms with van der Waals surface area (Å²) in [6, 6.07) is 3.85. The molecule has 0 aromatic heterocycles. The zero-order valence-corrected chi connectivity index (χ0v) is 12.0. The highest BCUT2D eigenvalue weighted by Crippen LogP contribution is 2.29. The number of amides is 1. The van der Waals surface area contributed by atoms with E-state index in [1.54, 1.807) is 0 Å². The van der Waals surface area contributed by atoms with Crippen LogP contribution in [0, 0.1) is 0 Å². The number of benzene rings is 1. The van der Waals surface area contributed by atoms with Crippen molar-refractivity contribution in [1.29, 1.82) is 0 Å². The number of nitrogens with zero attached hydrogens (tertiary/aromatic N) is 1. The Balaban J connectivity index is 2.73. The molecule has 22 heavy (non-hydrogen) atoms. The van der Waals surface area contributed by atoms with Gasteiger partial charge in [0.1, 0.15) is 0 Å². The third-order valence-corrected chi connectivity index (χ3v) is 2.98. The van der Waals surface area contributed by atoms with Crippen LogP contribution in [-0.4, -0.2) is 36.1 Å². The second-order valence-corrected chi connectivity index (χ2v) is 4.77. The van der Waals surface area contributed by atoms with Crippen molar-refractivity contribution in [3.8, 4) is 0 Å². The topological polar surface area (TPSA) is 40.5 Å². The maximum atomic E-state index is 13.8. The molecule has 1 rings (SSSR count). The van der Waals surface area contributed by atoms with Crippen LogP contribution in [0.5, 0.6) is 0 Å². The Morgan fingerprint density at radius 2 is 1.82 bits per heavy atom. The van der Waals surface area contributed by atoms with Crippen molar-refractivity contribution >= 4 is 12.0 Å². The van der Waals surface area contributed by atoms with Crippen LogP contribution < -0.4 is 0 Å². The van der Waals surface area contributed by atoms with E-state index in [1.807, 2.05) is 0 Å². The fraction of sp³-hybridized carbons (Fsp3) is 0.400. The first-order valence-electron chi connectivity index (χ1n) is 6.66. The minimum Gasteiger partial charge on any atom is -0.396 e. The number of carbonyl (C=O) groups excluding carboxylic acids is 1. The number of rotatable bonds is 6. The summed E-state index contributed by atoms with van der Waals surface area (Å²) < 4.78 is 51.0. The number of carbonyl (C=O) groups is 1. The third kappa shape index (κ3) is 5.48. The number of halogens is 4. The summed E-state index contributed by atoms with van der Waals surface area (Å²) in [6.07, 6.45) is -2.53. The molecule has 0 aliphatic heterocycles. The predicted octanol–water partition coefficient (Wildman–Crippen LogP) is 3.25. The largest absolute Gasteiger partial charge is 0.416 e. The Morgan fingerprint density at radius 1 is 1.23 bits per heavy atom. The van der Waals surface area contributed by atoms with Crippen molar-refractivity contribution in [3.05, 3.63) is 41.2 Å². The van der Waals surface area contributed by atoms with Gasteiger partial charge in [-0.1, -0.05) is 12.1 Å². The van der Waals surface area contributed by atoms with Crippen molar-refractivity contribution in [2.75, 3.05) is 20.2 Å². The molecular weight excluding hydrogens is 302 g/mol. The van der Waals surface area contributed by atoms with Crippen LogP contribution in [0.4, 0.5) is 17.6 Å². The van der Waals surface area contributed by atoms with Crippen LogP contribution >= 0.6 is 0 Å². The molecule has 0 saturated carbocycles. The van der Waals surface area contributed by atoms with Crippen LogP contribution in [0.1, 0.15) is 24.0 Å². The molecule has 0 radical (unpaired) electrons. The second-order valence-electron chi connectivity index (χ2n) is 4.77. The van der Waals surface area contributed by atoms with Gasteiger partial charge in [-0.25, -0.2) is 4.39 Å². The highest BCUT2D eigenvalue weighted by Gasteiger charge is 2.29. The highest BCUT2D eigenvalue weighted by atomic mass is 19.4. The van der Waals surface area contributed by atoms with Crippen LogP contribution in [0.15, 0.2) is 30.1 Å². The van der Waals surface area contributed by atoms with E-state index in [0.29, 0.717) is 12.8 Å². The van der Waals surface area contributed by atoms with Gasteiger partial charge in [-0.2, -0.15) is 13.2 Å². The summed E-state index contributed by atoms with van der Waals surface area (Å²) in [6.45, 7) is 0.277. The van der Waals surface area contributed by atoms with Crippen molar-refractivity contribution < 1.29 is 27.5 Å². The van der Waals surface area contributed by atoms with E-state index in [0.717, 1.165) is 35.2 Å². The molecule has 0 fully saturated rings. The monoisotopic (exact) mass is 319 g/mol. The van der Waals surface area contributed by atoms with Gasteiger partial charge >= 0.3 is 6.18 Å². The average Bonchev–Trinajstić information content (AvgIpc) is 2.46. The van der Waals surface area contributed by atoms with Gasteiger partial charge in [0.15, 0.2) is 5.83 Å². The lowest BCUT2D eigenvalue weighted by Crippen LogP contribution is -2.28. The van der Waals surface area contributed by atoms with Crippen LogP contribution in [0.25, 0.3) is 6.08 Å². The second kappa shape index (κ2) is 7.93. The quantitative estimate of drug-likeness (QED) is 0.497. The van der Waals surface area contributed by atoms with Crippen LogP contribution in [-0.2, 0) is 11.0 Å². The Morgan fingerprint density at radius 3 is 2.32 bits per heavy atom. The van der Waals surface area contributed by atoms with Crippen LogP contribution in [0.3, 0.4) is 0 Å². The molecule has 0 spiro atoms. The molecule has 0 unspecified atom stereocenters. The molecule has 122 valence electrons. The number of alkyl halides is 3. The minimum absolute atomic E-state index is 0.00803. The van der Waals surface area contributed by atoms with E-state index in [4.69, 9.17) is 5.11 Å². The summed E-state index contributed by atoms with van der Waals surface area (Å²) in [5, 5.41) is 8.63. The van der Waals surface area contributed by atoms with Gasteiger partial charge in [-0.05, 0) is 36.6 Å². The van der Waals surface area contributed by atoms with Gasteiger partial charge in [-0.15, -0.1) is 0 Å². The predicted molar refractivity (Wildman–Crippen MR) is 74.5 cm³/mol. The van der Waals surface area contributed by atoms with Gasteiger partial charge < -0.3 is 10.0 Å². The Labute approximate surface area is 125 Å². The van der Waals surface area contributed by atoms with E-state index in [2.05, 4.69) is 0 Å². The standard InChI is InChI=1S/C15H17F4NO2/c1-20(8-2-3-9-21)14(22)13(16)10-11-4-6-12(7-5-11)15(17,18)19/h4-7,10,21H,2-3,8-9H2,1H3. The Kier molecular flexibility index (Phi) is 6.55. The number of likely N-dealkylation sites (N-methyl/N-ethyl adjacent to an activating group) is 1. The summed E-state index contributed by atoms with van der Waals surface area (Å²) in [4.78, 5) is 12.9. The average molecular weight is 319 g/mol. The number of aliphatic hydroxyl groups excluding tert-OH is 1. The normalized spacial score (nSPS) is 12.4. The van der Waals surface area contributed by atoms with Gasteiger partial charge in [0.2, 0.25) is 0 Å². The lowest BCUT2D eigenvalue weighted by molar-refractivity contribution is -0.137. The molecule has 1 amide bonds. The molecule has 1 aromatic carbocycles. The Hall–Kier alpha value is -1.89. The number of unbranched alkanes of at least 4 members (excludes halogenated alkanes) is 1. The van der Waals surface area contributed by atoms with E-state index in [9.17, 15) is 22.4 Å². The fourth-order valence-electron chi connectivity index (χ4n) is 1.72. The first-order valence-corrected chi connectivity index (χ1v) is 6.66. The number of hydrogen-bond acceptors (Lipinski definition) is 2. The molecule has 0 saturated heterocycles. The Bertz CT molecular complexity index is 523. The number of hydrogen-bond donors (Lipinski definition) is 1. The molecule has 0 aliphatic carbocycles. The molecule has 0 atom stereocenters. The molecule has 0 heterocycles. The molecule has 3 nitrogen and oxygen atoms in total. The van der Waals surface area contributed by atoms with Gasteiger partial charge in [0, 0.05) is 20.2 Å². The molecule has 0 bridgehead atoms. The van der Waals surface area contributed by atoms with Crippen LogP contribution in [0.2, 0.25) is 0 Å². The van der Waals surface area contributed by atoms with E-state index >= 15 is 0 Å². The van der Waals surface area contributed by atoms with Gasteiger partial charge in [0.05, 0.1) is 5.56 Å². The van der Waals surface area contributed by atoms with Crippen molar-refractivity contribution in [2.24, 2.45) is 0 Å². The molecule has 1 aromatic rings. The smallest absolute Gasteiger partial charge is 0.396 e. The maximum Gasteiger partial charge on any atom is 0.416 e. The van der Waals surface area contributed by atoms with Crippen molar-refractivity contribution in [3.63, 3.8) is 0 Å². The summed E-state index contributed by atoms with van der Waals surface area (Å²) in [7, 11) is 1.42. The van der Waals surface area contributed by atoms with E-state index < -0.39 is 23.5 Å². The lowest BCUT2D eigenvalue weighted by Gasteiger charge is -2.15. The first kappa shape index (κ1) is 18.2. The number of aliphatic hydroxyl groups is 1. The molecule has 0 aliphatic rings. The van der Waals surface area contributed by atoms with Gasteiger partial charge in [-0.3, -0.25) is 4.79 Å². The van der Waals surface area contributed by atoms with E-state index in [-0.39, 0.29) is 18.7 Å². The van der Waals surface area contributed by atoms with Crippen molar-refractivity contribution in [2.45, 2.75) is 19.0 Å². The fourth-order valence-corrected chi connectivity index (χ4v) is 1.72. The maximum absolute atomic E-state index is 13.8. The van der Waals surface area contributed by atoms with Gasteiger partial charge in [0.25, 0.3) is 5.91 Å². The zero-order valence-electron chi connectivity index (χ0n) is 12.0.